The summed E-state index contributed by atoms with van der Waals surface area (Å²) in [5, 5.41) is 0. The van der Waals surface area contributed by atoms with E-state index in [1.54, 1.807) is 31.0 Å². The van der Waals surface area contributed by atoms with Crippen molar-refractivity contribution in [1.29, 1.82) is 0 Å². The largest absolute Gasteiger partial charge is 0.371 e. The van der Waals surface area contributed by atoms with Crippen molar-refractivity contribution in [3.63, 3.8) is 0 Å². The number of aromatic nitrogens is 4. The minimum atomic E-state index is 0. The van der Waals surface area contributed by atoms with E-state index in [0.717, 1.165) is 27.9 Å². The zero-order chi connectivity index (χ0) is 16.2. The smallest absolute Gasteiger partial charge is 0.0265 e. The molecule has 0 N–H and O–H groups in total. The van der Waals surface area contributed by atoms with Gasteiger partial charge in [-0.3, -0.25) is 9.97 Å². The van der Waals surface area contributed by atoms with Crippen LogP contribution in [0.1, 0.15) is 0 Å². The molecule has 0 saturated carbocycles. The SMILES string of the molecule is [Y].[c-]1c(-c2[c-]nccc2-c2ccncc2)ccnc1-c1ccccn1. The maximum Gasteiger partial charge on any atom is 0.0265 e. The zero-order valence-corrected chi connectivity index (χ0v) is 16.1. The number of hydrogen-bond donors (Lipinski definition) is 0. The number of nitrogens with zero attached hydrogens (tertiary/aromatic N) is 4. The van der Waals surface area contributed by atoms with Crippen molar-refractivity contribution < 1.29 is 32.7 Å². The average Bonchev–Trinajstić information content (AvgIpc) is 2.69. The zero-order valence-electron chi connectivity index (χ0n) is 13.3. The molecule has 0 aliphatic rings. The summed E-state index contributed by atoms with van der Waals surface area (Å²) in [6.45, 7) is 0. The third-order valence-electron chi connectivity index (χ3n) is 3.63. The van der Waals surface area contributed by atoms with E-state index >= 15 is 0 Å². The quantitative estimate of drug-likeness (QED) is 0.493. The first-order valence-electron chi connectivity index (χ1n) is 7.49. The first-order chi connectivity index (χ1) is 11.9. The van der Waals surface area contributed by atoms with E-state index in [4.69, 9.17) is 0 Å². The van der Waals surface area contributed by atoms with Gasteiger partial charge in [-0.2, -0.15) is 17.7 Å². The van der Waals surface area contributed by atoms with Crippen LogP contribution < -0.4 is 0 Å². The van der Waals surface area contributed by atoms with Crippen molar-refractivity contribution in [2.75, 3.05) is 0 Å². The molecule has 0 atom stereocenters. The number of pyridine rings is 4. The first-order valence-corrected chi connectivity index (χ1v) is 7.49. The van der Waals surface area contributed by atoms with Crippen molar-refractivity contribution in [3.8, 4) is 33.6 Å². The standard InChI is InChI=1S/C20H12N4.Y/c1-2-8-23-19(3-1)20-13-16(6-12-24-20)18-14-22-11-7-17(18)15-4-9-21-10-5-15;/h1-12H;/q-2;. The van der Waals surface area contributed by atoms with Crippen LogP contribution in [0.25, 0.3) is 33.6 Å². The van der Waals surface area contributed by atoms with E-state index in [1.807, 2.05) is 42.5 Å². The van der Waals surface area contributed by atoms with Gasteiger partial charge in [0, 0.05) is 57.0 Å². The Morgan fingerprint density at radius 2 is 1.64 bits per heavy atom. The van der Waals surface area contributed by atoms with E-state index in [-0.39, 0.29) is 32.7 Å². The third kappa shape index (κ3) is 3.86. The summed E-state index contributed by atoms with van der Waals surface area (Å²) in [6.07, 6.45) is 11.9. The second-order valence-corrected chi connectivity index (χ2v) is 5.13. The van der Waals surface area contributed by atoms with E-state index < -0.39 is 0 Å². The van der Waals surface area contributed by atoms with Crippen LogP contribution in [0, 0.1) is 12.3 Å². The molecule has 117 valence electrons. The van der Waals surface area contributed by atoms with Crippen molar-refractivity contribution >= 4 is 0 Å². The van der Waals surface area contributed by atoms with Crippen LogP contribution in [-0.2, 0) is 32.7 Å². The molecular weight excluding hydrogens is 385 g/mol. The maximum atomic E-state index is 4.38. The van der Waals surface area contributed by atoms with E-state index in [2.05, 4.69) is 32.2 Å². The Balaban J connectivity index is 0.00000182. The second-order valence-electron chi connectivity index (χ2n) is 5.13. The Bertz CT molecular complexity index is 959. The molecule has 0 saturated heterocycles. The molecule has 0 aliphatic carbocycles. The third-order valence-corrected chi connectivity index (χ3v) is 3.63. The van der Waals surface area contributed by atoms with Gasteiger partial charge in [-0.05, 0) is 30.1 Å². The van der Waals surface area contributed by atoms with Crippen molar-refractivity contribution in [3.05, 3.63) is 85.7 Å². The van der Waals surface area contributed by atoms with Crippen molar-refractivity contribution in [1.82, 2.24) is 19.9 Å². The molecule has 25 heavy (non-hydrogen) atoms. The molecule has 0 aliphatic heterocycles. The topological polar surface area (TPSA) is 51.6 Å². The van der Waals surface area contributed by atoms with Crippen LogP contribution in [0.2, 0.25) is 0 Å². The maximum absolute atomic E-state index is 4.38. The van der Waals surface area contributed by atoms with Crippen LogP contribution >= 0.6 is 0 Å². The fourth-order valence-corrected chi connectivity index (χ4v) is 2.50. The molecule has 4 rings (SSSR count). The van der Waals surface area contributed by atoms with Crippen LogP contribution in [0.15, 0.2) is 73.4 Å². The van der Waals surface area contributed by atoms with Crippen LogP contribution in [0.3, 0.4) is 0 Å². The van der Waals surface area contributed by atoms with Gasteiger partial charge < -0.3 is 9.97 Å². The summed E-state index contributed by atoms with van der Waals surface area (Å²) in [5.41, 5.74) is 5.33. The van der Waals surface area contributed by atoms with Gasteiger partial charge >= 0.3 is 0 Å². The van der Waals surface area contributed by atoms with Gasteiger partial charge in [-0.1, -0.05) is 30.1 Å². The predicted octanol–water partition coefficient (Wildman–Crippen LogP) is 3.87. The predicted molar refractivity (Wildman–Crippen MR) is 91.6 cm³/mol. The number of rotatable bonds is 3. The summed E-state index contributed by atoms with van der Waals surface area (Å²) >= 11 is 0. The normalized spacial score (nSPS) is 10.1. The fourth-order valence-electron chi connectivity index (χ4n) is 2.50. The monoisotopic (exact) mass is 397 g/mol. The van der Waals surface area contributed by atoms with E-state index in [0.29, 0.717) is 5.69 Å². The van der Waals surface area contributed by atoms with Gasteiger partial charge in [0.2, 0.25) is 0 Å². The molecule has 0 unspecified atom stereocenters. The van der Waals surface area contributed by atoms with Gasteiger partial charge in [0.15, 0.2) is 0 Å². The molecule has 0 fully saturated rings. The summed E-state index contributed by atoms with van der Waals surface area (Å²) in [6, 6.07) is 16.9. The summed E-state index contributed by atoms with van der Waals surface area (Å²) in [5.74, 6) is 0. The molecule has 0 amide bonds. The van der Waals surface area contributed by atoms with Crippen molar-refractivity contribution in [2.24, 2.45) is 0 Å². The molecule has 0 bridgehead atoms. The average molecular weight is 397 g/mol. The van der Waals surface area contributed by atoms with Crippen LogP contribution in [0.4, 0.5) is 0 Å². The fraction of sp³-hybridized carbons (Fsp3) is 0. The minimum Gasteiger partial charge on any atom is -0.371 e. The Labute approximate surface area is 171 Å². The van der Waals surface area contributed by atoms with Gasteiger partial charge in [-0.25, -0.2) is 5.56 Å². The number of hydrogen-bond acceptors (Lipinski definition) is 4. The van der Waals surface area contributed by atoms with Crippen LogP contribution in [0.5, 0.6) is 0 Å². The summed E-state index contributed by atoms with van der Waals surface area (Å²) < 4.78 is 0. The van der Waals surface area contributed by atoms with Gasteiger partial charge in [0.25, 0.3) is 0 Å². The first kappa shape index (κ1) is 17.5. The summed E-state index contributed by atoms with van der Waals surface area (Å²) in [7, 11) is 0. The Kier molecular flexibility index (Phi) is 5.74. The Morgan fingerprint density at radius 3 is 2.44 bits per heavy atom. The van der Waals surface area contributed by atoms with E-state index in [9.17, 15) is 0 Å². The van der Waals surface area contributed by atoms with E-state index in [1.165, 1.54) is 0 Å². The Hall–Kier alpha value is -2.30. The van der Waals surface area contributed by atoms with Gasteiger partial charge in [0.1, 0.15) is 0 Å². The molecule has 4 aromatic rings. The molecule has 4 heterocycles. The molecule has 5 heteroatoms. The summed E-state index contributed by atoms with van der Waals surface area (Å²) in [4.78, 5) is 16.9. The molecule has 1 radical (unpaired) electrons. The van der Waals surface area contributed by atoms with Gasteiger partial charge in [-0.15, -0.1) is 11.6 Å². The Morgan fingerprint density at radius 1 is 0.760 bits per heavy atom. The van der Waals surface area contributed by atoms with Crippen molar-refractivity contribution in [2.45, 2.75) is 0 Å². The second kappa shape index (κ2) is 8.19. The van der Waals surface area contributed by atoms with Gasteiger partial charge in [0.05, 0.1) is 0 Å². The minimum absolute atomic E-state index is 0. The van der Waals surface area contributed by atoms with Crippen LogP contribution in [-0.4, -0.2) is 19.9 Å². The molecule has 0 spiro atoms. The molecular formula is C20H12N4Y-2. The molecule has 4 nitrogen and oxygen atoms in total. The molecule has 0 aromatic carbocycles. The molecule has 4 aromatic heterocycles.